The van der Waals surface area contributed by atoms with Crippen molar-refractivity contribution in [2.45, 2.75) is 13.5 Å². The first-order valence-corrected chi connectivity index (χ1v) is 11.2. The molecule has 1 aliphatic heterocycles. The van der Waals surface area contributed by atoms with E-state index in [0.29, 0.717) is 42.2 Å². The van der Waals surface area contributed by atoms with Gasteiger partial charge in [-0.2, -0.15) is 4.98 Å². The Kier molecular flexibility index (Phi) is 6.53. The van der Waals surface area contributed by atoms with E-state index >= 15 is 0 Å². The normalized spacial score (nSPS) is 13.1. The van der Waals surface area contributed by atoms with Gasteiger partial charge in [-0.3, -0.25) is 4.79 Å². The minimum Gasteiger partial charge on any atom is -0.461 e. The first-order valence-electron chi connectivity index (χ1n) is 11.2. The summed E-state index contributed by atoms with van der Waals surface area (Å²) in [6, 6.07) is 16.8. The van der Waals surface area contributed by atoms with Crippen LogP contribution in [0.25, 0.3) is 11.5 Å². The van der Waals surface area contributed by atoms with Gasteiger partial charge in [0.2, 0.25) is 5.95 Å². The van der Waals surface area contributed by atoms with Gasteiger partial charge in [-0.05, 0) is 48.9 Å². The number of benzene rings is 1. The molecule has 0 spiro atoms. The predicted octanol–water partition coefficient (Wildman–Crippen LogP) is 3.39. The topological polar surface area (TPSA) is 127 Å². The Hall–Kier alpha value is -4.44. The average molecular weight is 469 g/mol. The van der Waals surface area contributed by atoms with Crippen LogP contribution >= 0.6 is 0 Å². The van der Waals surface area contributed by atoms with Crippen LogP contribution in [0, 0.1) is 12.8 Å². The van der Waals surface area contributed by atoms with Crippen molar-refractivity contribution in [1.29, 1.82) is 0 Å². The maximum absolute atomic E-state index is 11.9. The van der Waals surface area contributed by atoms with Crippen LogP contribution in [0.15, 0.2) is 67.0 Å². The van der Waals surface area contributed by atoms with Crippen molar-refractivity contribution < 1.29 is 9.53 Å². The fraction of sp³-hybridized carbons (Fsp3) is 0.200. The number of nitrogens with zero attached hydrogens (tertiary/aromatic N) is 5. The van der Waals surface area contributed by atoms with Crippen molar-refractivity contribution in [3.05, 3.63) is 78.2 Å². The highest BCUT2D eigenvalue weighted by atomic mass is 16.5. The number of esters is 1. The Labute approximate surface area is 202 Å². The van der Waals surface area contributed by atoms with Gasteiger partial charge in [-0.15, -0.1) is 0 Å². The highest BCUT2D eigenvalue weighted by Crippen LogP contribution is 2.19. The summed E-state index contributed by atoms with van der Waals surface area (Å²) in [6.45, 7) is 3.57. The van der Waals surface area contributed by atoms with Crippen molar-refractivity contribution in [2.24, 2.45) is 5.92 Å². The summed E-state index contributed by atoms with van der Waals surface area (Å²) in [7, 11) is 0. The van der Waals surface area contributed by atoms with E-state index in [1.165, 1.54) is 0 Å². The second kappa shape index (κ2) is 10.2. The number of aromatic nitrogens is 5. The van der Waals surface area contributed by atoms with Gasteiger partial charge >= 0.3 is 5.97 Å². The summed E-state index contributed by atoms with van der Waals surface area (Å²) in [5, 5.41) is 9.43. The zero-order valence-electron chi connectivity index (χ0n) is 19.1. The van der Waals surface area contributed by atoms with E-state index in [9.17, 15) is 4.79 Å². The van der Waals surface area contributed by atoms with Crippen LogP contribution in [-0.4, -0.2) is 44.0 Å². The SMILES string of the molecule is Cc1cccc(-c2nccc(Nc3ccnc(Nc4ccc(COC(=O)C5CNC5)cc4)n3)n2)n1. The van der Waals surface area contributed by atoms with Crippen molar-refractivity contribution >= 4 is 29.2 Å². The van der Waals surface area contributed by atoms with Gasteiger partial charge in [0.25, 0.3) is 0 Å². The fourth-order valence-electron chi connectivity index (χ4n) is 3.38. The number of carbonyl (C=O) groups excluding carboxylic acids is 1. The Morgan fingerprint density at radius 2 is 1.71 bits per heavy atom. The number of hydrogen-bond acceptors (Lipinski definition) is 10. The smallest absolute Gasteiger partial charge is 0.311 e. The third kappa shape index (κ3) is 5.74. The highest BCUT2D eigenvalue weighted by molar-refractivity contribution is 5.74. The third-order valence-electron chi connectivity index (χ3n) is 5.39. The maximum Gasteiger partial charge on any atom is 0.311 e. The van der Waals surface area contributed by atoms with E-state index in [-0.39, 0.29) is 18.5 Å². The first-order chi connectivity index (χ1) is 17.1. The molecule has 1 aromatic carbocycles. The number of pyridine rings is 1. The summed E-state index contributed by atoms with van der Waals surface area (Å²) >= 11 is 0. The molecule has 5 rings (SSSR count). The summed E-state index contributed by atoms with van der Waals surface area (Å²) in [5.41, 5.74) is 3.33. The monoisotopic (exact) mass is 468 g/mol. The Balaban J connectivity index is 1.21. The van der Waals surface area contributed by atoms with Gasteiger partial charge in [0, 0.05) is 36.9 Å². The molecule has 3 N–H and O–H groups in total. The van der Waals surface area contributed by atoms with Crippen LogP contribution in [0.4, 0.5) is 23.3 Å². The zero-order valence-corrected chi connectivity index (χ0v) is 19.1. The van der Waals surface area contributed by atoms with Crippen LogP contribution in [0.2, 0.25) is 0 Å². The lowest BCUT2D eigenvalue weighted by Gasteiger charge is -2.24. The quantitative estimate of drug-likeness (QED) is 0.331. The molecule has 4 aromatic rings. The van der Waals surface area contributed by atoms with Crippen molar-refractivity contribution in [2.75, 3.05) is 23.7 Å². The van der Waals surface area contributed by atoms with Crippen LogP contribution in [-0.2, 0) is 16.1 Å². The molecule has 3 aromatic heterocycles. The minimum atomic E-state index is -0.158. The van der Waals surface area contributed by atoms with Crippen molar-refractivity contribution in [3.63, 3.8) is 0 Å². The standard InChI is InChI=1S/C25H24N8O2/c1-16-3-2-4-20(29-16)23-27-11-9-21(32-23)31-22-10-12-28-25(33-22)30-19-7-5-17(6-8-19)15-35-24(34)18-13-26-14-18/h2-12,18,26H,13-15H2,1H3,(H2,27,28,30,31,32,33). The molecule has 0 unspecified atom stereocenters. The molecule has 0 saturated carbocycles. The lowest BCUT2D eigenvalue weighted by Crippen LogP contribution is -2.47. The molecule has 35 heavy (non-hydrogen) atoms. The van der Waals surface area contributed by atoms with Crippen LogP contribution in [0.1, 0.15) is 11.3 Å². The molecular weight excluding hydrogens is 444 g/mol. The molecule has 0 atom stereocenters. The number of aryl methyl sites for hydroxylation is 1. The lowest BCUT2D eigenvalue weighted by atomic mass is 10.0. The molecule has 0 radical (unpaired) electrons. The number of nitrogens with one attached hydrogen (secondary N) is 3. The second-order valence-corrected chi connectivity index (χ2v) is 8.10. The van der Waals surface area contributed by atoms with Gasteiger partial charge in [0.15, 0.2) is 5.82 Å². The molecular formula is C25H24N8O2. The number of anilines is 4. The molecule has 10 heteroatoms. The Bertz CT molecular complexity index is 1330. The summed E-state index contributed by atoms with van der Waals surface area (Å²) in [6.07, 6.45) is 3.34. The highest BCUT2D eigenvalue weighted by Gasteiger charge is 2.26. The van der Waals surface area contributed by atoms with Gasteiger partial charge in [-0.1, -0.05) is 18.2 Å². The number of carbonyl (C=O) groups is 1. The number of rotatable bonds is 8. The van der Waals surface area contributed by atoms with Gasteiger partial charge < -0.3 is 20.7 Å². The van der Waals surface area contributed by atoms with Crippen LogP contribution in [0.3, 0.4) is 0 Å². The van der Waals surface area contributed by atoms with Gasteiger partial charge in [-0.25, -0.2) is 19.9 Å². The van der Waals surface area contributed by atoms with Gasteiger partial charge in [0.1, 0.15) is 23.9 Å². The first kappa shape index (κ1) is 22.4. The van der Waals surface area contributed by atoms with Crippen LogP contribution < -0.4 is 16.0 Å². The van der Waals surface area contributed by atoms with Crippen LogP contribution in [0.5, 0.6) is 0 Å². The van der Waals surface area contributed by atoms with E-state index in [2.05, 4.69) is 40.9 Å². The predicted molar refractivity (Wildman–Crippen MR) is 131 cm³/mol. The number of ether oxygens (including phenoxy) is 1. The van der Waals surface area contributed by atoms with Crippen molar-refractivity contribution in [1.82, 2.24) is 30.2 Å². The minimum absolute atomic E-state index is 0.0258. The van der Waals surface area contributed by atoms with E-state index in [4.69, 9.17) is 4.74 Å². The van der Waals surface area contributed by atoms with E-state index in [1.807, 2.05) is 49.4 Å². The lowest BCUT2D eigenvalue weighted by molar-refractivity contribution is -0.151. The maximum atomic E-state index is 11.9. The summed E-state index contributed by atoms with van der Waals surface area (Å²) in [5.74, 6) is 1.96. The Morgan fingerprint density at radius 3 is 2.46 bits per heavy atom. The molecule has 4 heterocycles. The average Bonchev–Trinajstić information content (AvgIpc) is 2.83. The molecule has 0 amide bonds. The molecule has 10 nitrogen and oxygen atoms in total. The molecule has 0 aliphatic carbocycles. The largest absolute Gasteiger partial charge is 0.461 e. The third-order valence-corrected chi connectivity index (χ3v) is 5.39. The molecule has 1 aliphatic rings. The summed E-state index contributed by atoms with van der Waals surface area (Å²) < 4.78 is 5.36. The molecule has 1 saturated heterocycles. The van der Waals surface area contributed by atoms with E-state index in [0.717, 1.165) is 16.9 Å². The Morgan fingerprint density at radius 1 is 0.943 bits per heavy atom. The molecule has 0 bridgehead atoms. The van der Waals surface area contributed by atoms with E-state index in [1.54, 1.807) is 24.5 Å². The van der Waals surface area contributed by atoms with Gasteiger partial charge in [0.05, 0.1) is 5.92 Å². The fourth-order valence-corrected chi connectivity index (χ4v) is 3.38. The zero-order chi connectivity index (χ0) is 24.0. The van der Waals surface area contributed by atoms with E-state index < -0.39 is 0 Å². The second-order valence-electron chi connectivity index (χ2n) is 8.10. The summed E-state index contributed by atoms with van der Waals surface area (Å²) in [4.78, 5) is 34.0. The number of hydrogen-bond donors (Lipinski definition) is 3. The van der Waals surface area contributed by atoms with Crippen molar-refractivity contribution in [3.8, 4) is 11.5 Å². The molecule has 176 valence electrons. The molecule has 1 fully saturated rings.